The van der Waals surface area contributed by atoms with Crippen LogP contribution in [-0.2, 0) is 15.4 Å². The fourth-order valence-electron chi connectivity index (χ4n) is 0.923. The highest BCUT2D eigenvalue weighted by atomic mass is 32.2. The quantitative estimate of drug-likeness (QED) is 0.569. The zero-order valence-electron chi connectivity index (χ0n) is 6.37. The van der Waals surface area contributed by atoms with E-state index in [1.54, 1.807) is 0 Å². The van der Waals surface area contributed by atoms with Crippen molar-refractivity contribution < 1.29 is 8.39 Å². The zero-order chi connectivity index (χ0) is 7.56. The van der Waals surface area contributed by atoms with Crippen LogP contribution in [0.3, 0.4) is 0 Å². The Morgan fingerprint density at radius 3 is 2.70 bits per heavy atom. The Bertz CT molecular complexity index is 138. The molecule has 10 heavy (non-hydrogen) atoms. The number of hydrogen-bond donors (Lipinski definition) is 0. The van der Waals surface area contributed by atoms with E-state index in [4.69, 9.17) is 4.18 Å². The molecule has 1 heterocycles. The Morgan fingerprint density at radius 1 is 1.60 bits per heavy atom. The summed E-state index contributed by atoms with van der Waals surface area (Å²) in [4.78, 5) is 0. The summed E-state index contributed by atoms with van der Waals surface area (Å²) in [6.07, 6.45) is 0.990. The lowest BCUT2D eigenvalue weighted by Crippen LogP contribution is -2.38. The fourth-order valence-corrected chi connectivity index (χ4v) is 1.94. The number of rotatable bonds is 1. The first-order valence-corrected chi connectivity index (χ1v) is 4.57. The minimum Gasteiger partial charge on any atom is -0.278 e. The monoisotopic (exact) mass is 163 g/mol. The van der Waals surface area contributed by atoms with Crippen LogP contribution in [0.2, 0.25) is 0 Å². The second-order valence-electron chi connectivity index (χ2n) is 2.63. The van der Waals surface area contributed by atoms with Gasteiger partial charge < -0.3 is 0 Å². The van der Waals surface area contributed by atoms with Crippen molar-refractivity contribution >= 4 is 11.3 Å². The van der Waals surface area contributed by atoms with Crippen molar-refractivity contribution in [2.45, 2.75) is 26.3 Å². The highest BCUT2D eigenvalue weighted by Crippen LogP contribution is 2.10. The van der Waals surface area contributed by atoms with E-state index >= 15 is 0 Å². The normalized spacial score (nSPS) is 29.3. The molecule has 1 atom stereocenters. The minimum atomic E-state index is -1.17. The Balaban J connectivity index is 2.48. The maximum Gasteiger partial charge on any atom is 0.237 e. The van der Waals surface area contributed by atoms with Crippen molar-refractivity contribution in [1.82, 2.24) is 4.31 Å². The molecule has 1 aliphatic rings. The van der Waals surface area contributed by atoms with Gasteiger partial charge in [-0.15, -0.1) is 0 Å². The van der Waals surface area contributed by atoms with Gasteiger partial charge in [-0.3, -0.25) is 4.18 Å². The summed E-state index contributed by atoms with van der Waals surface area (Å²) in [6, 6.07) is 0.320. The third-order valence-electron chi connectivity index (χ3n) is 1.47. The van der Waals surface area contributed by atoms with Gasteiger partial charge in [-0.05, 0) is 20.3 Å². The van der Waals surface area contributed by atoms with Gasteiger partial charge in [-0.1, -0.05) is 0 Å². The summed E-state index contributed by atoms with van der Waals surface area (Å²) in [5.41, 5.74) is 0. The van der Waals surface area contributed by atoms with Crippen LogP contribution >= 0.6 is 0 Å². The predicted molar refractivity (Wildman–Crippen MR) is 40.6 cm³/mol. The Kier molecular flexibility index (Phi) is 2.82. The Labute approximate surface area is 64.2 Å². The van der Waals surface area contributed by atoms with E-state index in [-0.39, 0.29) is 0 Å². The first-order valence-electron chi connectivity index (χ1n) is 3.53. The lowest BCUT2D eigenvalue weighted by atomic mass is 10.3. The second-order valence-corrected chi connectivity index (χ2v) is 3.77. The summed E-state index contributed by atoms with van der Waals surface area (Å²) in [6.45, 7) is 5.57. The second kappa shape index (κ2) is 3.46. The van der Waals surface area contributed by atoms with Crippen molar-refractivity contribution in [3.63, 3.8) is 0 Å². The van der Waals surface area contributed by atoms with E-state index in [2.05, 4.69) is 0 Å². The van der Waals surface area contributed by atoms with Gasteiger partial charge in [0.15, 0.2) is 0 Å². The molecule has 1 aliphatic heterocycles. The molecule has 1 saturated heterocycles. The molecule has 0 saturated carbocycles. The van der Waals surface area contributed by atoms with Crippen LogP contribution < -0.4 is 0 Å². The van der Waals surface area contributed by atoms with Crippen LogP contribution in [0.15, 0.2) is 0 Å². The molecule has 0 amide bonds. The molecule has 60 valence electrons. The molecule has 0 N–H and O–H groups in total. The van der Waals surface area contributed by atoms with Gasteiger partial charge in [0.25, 0.3) is 0 Å². The molecule has 0 aromatic rings. The average molecular weight is 163 g/mol. The first-order chi connectivity index (χ1) is 4.72. The molecule has 0 aromatic heterocycles. The number of hydrogen-bond acceptors (Lipinski definition) is 2. The summed E-state index contributed by atoms with van der Waals surface area (Å²) in [5.74, 6) is 0. The molecule has 1 rings (SSSR count). The summed E-state index contributed by atoms with van der Waals surface area (Å²) in [7, 11) is 0. The van der Waals surface area contributed by atoms with E-state index < -0.39 is 11.3 Å². The van der Waals surface area contributed by atoms with Crippen LogP contribution in [0.1, 0.15) is 20.3 Å². The van der Waals surface area contributed by atoms with Crippen molar-refractivity contribution in [3.05, 3.63) is 0 Å². The molecule has 4 heteroatoms. The fraction of sp³-hybridized carbons (Fsp3) is 1.00. The van der Waals surface area contributed by atoms with E-state index in [1.807, 2.05) is 18.2 Å². The molecule has 0 aromatic carbocycles. The molecule has 1 fully saturated rings. The van der Waals surface area contributed by atoms with Gasteiger partial charge >= 0.3 is 0 Å². The smallest absolute Gasteiger partial charge is 0.237 e. The molecular weight excluding hydrogens is 150 g/mol. The van der Waals surface area contributed by atoms with E-state index in [0.29, 0.717) is 12.6 Å². The van der Waals surface area contributed by atoms with Crippen molar-refractivity contribution in [1.29, 1.82) is 0 Å². The minimum absolute atomic E-state index is 0.320. The van der Waals surface area contributed by atoms with Gasteiger partial charge in [-0.25, -0.2) is 4.21 Å². The van der Waals surface area contributed by atoms with Crippen molar-refractivity contribution in [3.8, 4) is 0 Å². The van der Waals surface area contributed by atoms with Crippen LogP contribution in [0.25, 0.3) is 0 Å². The van der Waals surface area contributed by atoms with Crippen molar-refractivity contribution in [2.75, 3.05) is 13.2 Å². The summed E-state index contributed by atoms with van der Waals surface area (Å²) < 4.78 is 17.9. The first kappa shape index (κ1) is 8.17. The van der Waals surface area contributed by atoms with Crippen LogP contribution in [0.5, 0.6) is 0 Å². The lowest BCUT2D eigenvalue weighted by Gasteiger charge is -2.27. The zero-order valence-corrected chi connectivity index (χ0v) is 7.19. The highest BCUT2D eigenvalue weighted by Gasteiger charge is 2.20. The maximum absolute atomic E-state index is 11.1. The van der Waals surface area contributed by atoms with Gasteiger partial charge in [0.05, 0.1) is 6.61 Å². The van der Waals surface area contributed by atoms with Gasteiger partial charge in [0, 0.05) is 12.6 Å². The molecular formula is C6H13NO2S. The highest BCUT2D eigenvalue weighted by molar-refractivity contribution is 7.77. The Hall–Kier alpha value is 0.0700. The van der Waals surface area contributed by atoms with Crippen LogP contribution in [-0.4, -0.2) is 27.7 Å². The number of nitrogens with zero attached hydrogens (tertiary/aromatic N) is 1. The molecule has 0 bridgehead atoms. The van der Waals surface area contributed by atoms with E-state index in [1.165, 1.54) is 0 Å². The largest absolute Gasteiger partial charge is 0.278 e. The van der Waals surface area contributed by atoms with Gasteiger partial charge in [-0.2, -0.15) is 4.31 Å². The maximum atomic E-state index is 11.1. The standard InChI is InChI=1S/C6H13NO2S/c1-6(2)7-4-3-5-9-10(7)8/h6H,3-5H2,1-2H3. The Morgan fingerprint density at radius 2 is 2.30 bits per heavy atom. The molecule has 0 spiro atoms. The van der Waals surface area contributed by atoms with Crippen LogP contribution in [0.4, 0.5) is 0 Å². The SMILES string of the molecule is CC(C)N1CCCOS1=O. The van der Waals surface area contributed by atoms with E-state index in [0.717, 1.165) is 13.0 Å². The molecule has 3 nitrogen and oxygen atoms in total. The third kappa shape index (κ3) is 1.78. The lowest BCUT2D eigenvalue weighted by molar-refractivity contribution is 0.223. The topological polar surface area (TPSA) is 29.5 Å². The molecule has 0 aliphatic carbocycles. The molecule has 1 unspecified atom stereocenters. The molecule has 0 radical (unpaired) electrons. The van der Waals surface area contributed by atoms with E-state index in [9.17, 15) is 4.21 Å². The summed E-state index contributed by atoms with van der Waals surface area (Å²) >= 11 is -1.17. The third-order valence-corrected chi connectivity index (χ3v) is 2.83. The van der Waals surface area contributed by atoms with Crippen molar-refractivity contribution in [2.24, 2.45) is 0 Å². The van der Waals surface area contributed by atoms with Gasteiger partial charge in [0.2, 0.25) is 11.3 Å². The van der Waals surface area contributed by atoms with Gasteiger partial charge in [0.1, 0.15) is 0 Å². The average Bonchev–Trinajstić information content (AvgIpc) is 1.88. The summed E-state index contributed by atoms with van der Waals surface area (Å²) in [5, 5.41) is 0. The predicted octanol–water partition coefficient (Wildman–Crippen LogP) is 0.696. The van der Waals surface area contributed by atoms with Crippen LogP contribution in [0, 0.1) is 0 Å².